The van der Waals surface area contributed by atoms with Crippen molar-refractivity contribution in [3.63, 3.8) is 0 Å². The molecule has 0 aliphatic heterocycles. The van der Waals surface area contributed by atoms with Crippen molar-refractivity contribution in [1.29, 1.82) is 0 Å². The minimum absolute atomic E-state index is 0.0675. The van der Waals surface area contributed by atoms with Crippen LogP contribution in [-0.2, 0) is 0 Å². The number of aromatic amines is 1. The minimum atomic E-state index is -0.296. The molecule has 0 atom stereocenters. The fourth-order valence-electron chi connectivity index (χ4n) is 2.43. The highest BCUT2D eigenvalue weighted by atomic mass is 16.2. The molecule has 0 aliphatic carbocycles. The Morgan fingerprint density at radius 1 is 1.07 bits per heavy atom. The largest absolute Gasteiger partial charge is 0.370 e. The lowest BCUT2D eigenvalue weighted by molar-refractivity contribution is 0.0943. The van der Waals surface area contributed by atoms with E-state index in [9.17, 15) is 9.59 Å². The normalized spacial score (nSPS) is 10.6. The van der Waals surface area contributed by atoms with Crippen LogP contribution in [0.3, 0.4) is 0 Å². The number of rotatable bonds is 13. The van der Waals surface area contributed by atoms with Gasteiger partial charge >= 0.3 is 0 Å². The first kappa shape index (κ1) is 22.5. The van der Waals surface area contributed by atoms with Gasteiger partial charge in [0.1, 0.15) is 5.69 Å². The SMILES string of the molecule is CC(C)CCCCCNC(=O)c1ncc(C(=O)NCCCCN=C(N)N)[nH]1. The fourth-order valence-corrected chi connectivity index (χ4v) is 2.43. The summed E-state index contributed by atoms with van der Waals surface area (Å²) in [6.45, 7) is 6.05. The van der Waals surface area contributed by atoms with E-state index in [1.807, 2.05) is 0 Å². The number of nitrogens with two attached hydrogens (primary N) is 2. The number of carbonyl (C=O) groups excluding carboxylic acids is 2. The number of H-pyrrole nitrogens is 1. The van der Waals surface area contributed by atoms with Crippen LogP contribution in [0.25, 0.3) is 0 Å². The summed E-state index contributed by atoms with van der Waals surface area (Å²) in [6.07, 6.45) is 7.29. The van der Waals surface area contributed by atoms with Crippen LogP contribution in [-0.4, -0.2) is 47.4 Å². The van der Waals surface area contributed by atoms with Gasteiger partial charge in [0.05, 0.1) is 6.20 Å². The van der Waals surface area contributed by atoms with E-state index in [0.29, 0.717) is 25.6 Å². The zero-order chi connectivity index (χ0) is 20.1. The van der Waals surface area contributed by atoms with Crippen molar-refractivity contribution in [2.24, 2.45) is 22.4 Å². The molecule has 27 heavy (non-hydrogen) atoms. The Labute approximate surface area is 160 Å². The van der Waals surface area contributed by atoms with Gasteiger partial charge in [0, 0.05) is 19.6 Å². The van der Waals surface area contributed by atoms with Gasteiger partial charge in [0.25, 0.3) is 11.8 Å². The van der Waals surface area contributed by atoms with Crippen LogP contribution in [0.1, 0.15) is 73.5 Å². The van der Waals surface area contributed by atoms with E-state index < -0.39 is 0 Å². The van der Waals surface area contributed by atoms with Gasteiger partial charge in [-0.25, -0.2) is 4.98 Å². The number of guanidine groups is 1. The molecule has 1 aromatic rings. The number of aliphatic imine (C=N–C) groups is 1. The number of hydrogen-bond donors (Lipinski definition) is 5. The first-order chi connectivity index (χ1) is 12.9. The minimum Gasteiger partial charge on any atom is -0.370 e. The van der Waals surface area contributed by atoms with Crippen LogP contribution in [0.2, 0.25) is 0 Å². The van der Waals surface area contributed by atoms with Crippen molar-refractivity contribution in [1.82, 2.24) is 20.6 Å². The Balaban J connectivity index is 2.23. The zero-order valence-electron chi connectivity index (χ0n) is 16.4. The summed E-state index contributed by atoms with van der Waals surface area (Å²) in [4.78, 5) is 34.7. The standard InChI is InChI=1S/C18H33N7O2/c1-13(2)8-4-3-5-9-22-17(27)15-24-12-14(25-15)16(26)21-10-6-7-11-23-18(19)20/h12-13H,3-11H2,1-2H3,(H,21,26)(H,22,27)(H,24,25)(H4,19,20,23). The Hall–Kier alpha value is -2.58. The van der Waals surface area contributed by atoms with Crippen molar-refractivity contribution in [3.8, 4) is 0 Å². The molecule has 0 bridgehead atoms. The van der Waals surface area contributed by atoms with Crippen molar-refractivity contribution < 1.29 is 9.59 Å². The van der Waals surface area contributed by atoms with Gasteiger partial charge < -0.3 is 27.1 Å². The smallest absolute Gasteiger partial charge is 0.287 e. The molecule has 9 heteroatoms. The molecule has 152 valence electrons. The van der Waals surface area contributed by atoms with E-state index in [0.717, 1.165) is 25.7 Å². The topological polar surface area (TPSA) is 151 Å². The number of aromatic nitrogens is 2. The molecule has 0 saturated heterocycles. The number of nitrogens with one attached hydrogen (secondary N) is 3. The lowest BCUT2D eigenvalue weighted by atomic mass is 10.1. The molecule has 2 amide bonds. The second-order valence-corrected chi connectivity index (χ2v) is 6.91. The van der Waals surface area contributed by atoms with Crippen molar-refractivity contribution in [2.45, 2.75) is 52.4 Å². The fraction of sp³-hybridized carbons (Fsp3) is 0.667. The summed E-state index contributed by atoms with van der Waals surface area (Å²) in [7, 11) is 0. The monoisotopic (exact) mass is 379 g/mol. The summed E-state index contributed by atoms with van der Waals surface area (Å²) in [6, 6.07) is 0. The molecule has 1 aromatic heterocycles. The molecule has 7 N–H and O–H groups in total. The number of hydrogen-bond acceptors (Lipinski definition) is 4. The van der Waals surface area contributed by atoms with Gasteiger partial charge in [-0.15, -0.1) is 0 Å². The lowest BCUT2D eigenvalue weighted by Crippen LogP contribution is -2.27. The third-order valence-corrected chi connectivity index (χ3v) is 3.94. The molecule has 0 fully saturated rings. The summed E-state index contributed by atoms with van der Waals surface area (Å²) in [5.74, 6) is 0.339. The quantitative estimate of drug-likeness (QED) is 0.198. The number of amides is 2. The Morgan fingerprint density at radius 3 is 2.41 bits per heavy atom. The maximum absolute atomic E-state index is 12.0. The molecule has 0 unspecified atom stereocenters. The Morgan fingerprint density at radius 2 is 1.74 bits per heavy atom. The number of imidazole rings is 1. The molecule has 1 heterocycles. The lowest BCUT2D eigenvalue weighted by Gasteiger charge is -2.05. The van der Waals surface area contributed by atoms with Crippen LogP contribution in [0.15, 0.2) is 11.2 Å². The van der Waals surface area contributed by atoms with Gasteiger partial charge in [0.2, 0.25) is 0 Å². The van der Waals surface area contributed by atoms with Crippen molar-refractivity contribution in [2.75, 3.05) is 19.6 Å². The van der Waals surface area contributed by atoms with Crippen molar-refractivity contribution >= 4 is 17.8 Å². The Bertz CT molecular complexity index is 607. The number of nitrogens with zero attached hydrogens (tertiary/aromatic N) is 2. The van der Waals surface area contributed by atoms with Crippen LogP contribution in [0.5, 0.6) is 0 Å². The highest BCUT2D eigenvalue weighted by Crippen LogP contribution is 2.07. The van der Waals surface area contributed by atoms with Crippen LogP contribution < -0.4 is 22.1 Å². The highest BCUT2D eigenvalue weighted by molar-refractivity contribution is 5.95. The van der Waals surface area contributed by atoms with E-state index in [1.165, 1.54) is 19.0 Å². The summed E-state index contributed by atoms with van der Waals surface area (Å²) >= 11 is 0. The van der Waals surface area contributed by atoms with Crippen LogP contribution in [0, 0.1) is 5.92 Å². The molecule has 0 saturated carbocycles. The maximum atomic E-state index is 12.0. The Kier molecular flexibility index (Phi) is 10.6. The van der Waals surface area contributed by atoms with E-state index in [4.69, 9.17) is 11.5 Å². The number of unbranched alkanes of at least 4 members (excludes halogenated alkanes) is 3. The van der Waals surface area contributed by atoms with Gasteiger partial charge in [-0.05, 0) is 25.2 Å². The maximum Gasteiger partial charge on any atom is 0.287 e. The van der Waals surface area contributed by atoms with Crippen LogP contribution >= 0.6 is 0 Å². The summed E-state index contributed by atoms with van der Waals surface area (Å²) < 4.78 is 0. The van der Waals surface area contributed by atoms with Crippen LogP contribution in [0.4, 0.5) is 0 Å². The van der Waals surface area contributed by atoms with E-state index >= 15 is 0 Å². The van der Waals surface area contributed by atoms with Gasteiger partial charge in [-0.2, -0.15) is 0 Å². The van der Waals surface area contributed by atoms with Gasteiger partial charge in [-0.1, -0.05) is 33.1 Å². The zero-order valence-corrected chi connectivity index (χ0v) is 16.4. The van der Waals surface area contributed by atoms with Gasteiger partial charge in [-0.3, -0.25) is 14.6 Å². The predicted octanol–water partition coefficient (Wildman–Crippen LogP) is 1.14. The first-order valence-electron chi connectivity index (χ1n) is 9.57. The molecule has 0 spiro atoms. The molecule has 9 nitrogen and oxygen atoms in total. The summed E-state index contributed by atoms with van der Waals surface area (Å²) in [5.41, 5.74) is 10.7. The first-order valence-corrected chi connectivity index (χ1v) is 9.57. The van der Waals surface area contributed by atoms with E-state index in [2.05, 4.69) is 39.4 Å². The summed E-state index contributed by atoms with van der Waals surface area (Å²) in [5, 5.41) is 5.58. The van der Waals surface area contributed by atoms with E-state index in [1.54, 1.807) is 0 Å². The van der Waals surface area contributed by atoms with Crippen molar-refractivity contribution in [3.05, 3.63) is 17.7 Å². The molecule has 0 aliphatic rings. The average molecular weight is 380 g/mol. The molecule has 0 aromatic carbocycles. The second-order valence-electron chi connectivity index (χ2n) is 6.91. The number of carbonyl (C=O) groups is 2. The molecular formula is C18H33N7O2. The van der Waals surface area contributed by atoms with Gasteiger partial charge in [0.15, 0.2) is 11.8 Å². The third kappa shape index (κ3) is 10.2. The average Bonchev–Trinajstić information content (AvgIpc) is 3.10. The molecule has 0 radical (unpaired) electrons. The molecular weight excluding hydrogens is 346 g/mol. The molecule has 1 rings (SSSR count). The predicted molar refractivity (Wildman–Crippen MR) is 106 cm³/mol. The second kappa shape index (κ2) is 12.7. The third-order valence-electron chi connectivity index (χ3n) is 3.94. The highest BCUT2D eigenvalue weighted by Gasteiger charge is 2.13. The van der Waals surface area contributed by atoms with E-state index in [-0.39, 0.29) is 29.3 Å².